The van der Waals surface area contributed by atoms with Crippen molar-refractivity contribution in [2.75, 3.05) is 40.5 Å². The van der Waals surface area contributed by atoms with Crippen LogP contribution in [0.4, 0.5) is 0 Å². The third kappa shape index (κ3) is 6.19. The molecule has 0 saturated heterocycles. The lowest BCUT2D eigenvalue weighted by molar-refractivity contribution is 0.0981. The van der Waals surface area contributed by atoms with Crippen molar-refractivity contribution >= 4 is 0 Å². The molecule has 19 heavy (non-hydrogen) atoms. The van der Waals surface area contributed by atoms with Gasteiger partial charge in [0.25, 0.3) is 0 Å². The fraction of sp³-hybridized carbons (Fsp3) is 0.625. The predicted molar refractivity (Wildman–Crippen MR) is 79.8 cm³/mol. The van der Waals surface area contributed by atoms with Crippen LogP contribution in [0, 0.1) is 6.92 Å². The molecule has 0 aromatic heterocycles. The Morgan fingerprint density at radius 2 is 1.95 bits per heavy atom. The van der Waals surface area contributed by atoms with Gasteiger partial charge in [0, 0.05) is 33.5 Å². The lowest BCUT2D eigenvalue weighted by Crippen LogP contribution is -2.19. The second-order valence-electron chi connectivity index (χ2n) is 4.86. The lowest BCUT2D eigenvalue weighted by Gasteiger charge is -2.19. The van der Waals surface area contributed by atoms with Crippen LogP contribution in [0.1, 0.15) is 29.9 Å². The van der Waals surface area contributed by atoms with Crippen LogP contribution < -0.4 is 5.32 Å². The minimum Gasteiger partial charge on any atom is -0.385 e. The molecule has 1 N–H and O–H groups in total. The number of likely N-dealkylation sites (N-methyl/N-ethyl adjacent to an activating group) is 1. The number of methoxy groups -OCH3 is 1. The highest BCUT2D eigenvalue weighted by Crippen LogP contribution is 2.22. The van der Waals surface area contributed by atoms with Gasteiger partial charge in [-0.2, -0.15) is 0 Å². The van der Waals surface area contributed by atoms with Gasteiger partial charge >= 0.3 is 0 Å². The Kier molecular flexibility index (Phi) is 8.47. The van der Waals surface area contributed by atoms with E-state index in [1.54, 1.807) is 7.11 Å². The number of hydrogen-bond donors (Lipinski definition) is 1. The minimum atomic E-state index is 0.522. The van der Waals surface area contributed by atoms with Crippen LogP contribution in [0.15, 0.2) is 24.3 Å². The normalized spacial score (nSPS) is 12.6. The van der Waals surface area contributed by atoms with Crippen molar-refractivity contribution in [3.8, 4) is 0 Å². The molecule has 0 fully saturated rings. The molecule has 1 aromatic rings. The zero-order valence-electron chi connectivity index (χ0n) is 12.4. The highest BCUT2D eigenvalue weighted by atomic mass is 16.5. The summed E-state index contributed by atoms with van der Waals surface area (Å²) in [6.07, 6.45) is 2.02. The van der Waals surface area contributed by atoms with Gasteiger partial charge in [-0.05, 0) is 43.9 Å². The van der Waals surface area contributed by atoms with Gasteiger partial charge in [-0.15, -0.1) is 0 Å². The number of hydrogen-bond acceptors (Lipinski definition) is 3. The number of aryl methyl sites for hydroxylation is 1. The summed E-state index contributed by atoms with van der Waals surface area (Å²) in [5.41, 5.74) is 2.79. The maximum atomic E-state index is 5.67. The fourth-order valence-corrected chi connectivity index (χ4v) is 2.29. The van der Waals surface area contributed by atoms with Crippen molar-refractivity contribution in [1.29, 1.82) is 0 Å². The van der Waals surface area contributed by atoms with Crippen molar-refractivity contribution in [2.24, 2.45) is 0 Å². The van der Waals surface area contributed by atoms with E-state index in [0.29, 0.717) is 5.92 Å². The lowest BCUT2D eigenvalue weighted by atomic mass is 9.92. The van der Waals surface area contributed by atoms with Gasteiger partial charge in [0.15, 0.2) is 0 Å². The quantitative estimate of drug-likeness (QED) is 0.660. The number of benzene rings is 1. The summed E-state index contributed by atoms with van der Waals surface area (Å²) in [7, 11) is 3.73. The molecule has 1 atom stereocenters. The van der Waals surface area contributed by atoms with Crippen molar-refractivity contribution in [1.82, 2.24) is 5.32 Å². The van der Waals surface area contributed by atoms with Crippen LogP contribution in [-0.2, 0) is 9.47 Å². The van der Waals surface area contributed by atoms with Gasteiger partial charge < -0.3 is 14.8 Å². The second-order valence-corrected chi connectivity index (χ2v) is 4.86. The van der Waals surface area contributed by atoms with E-state index in [0.717, 1.165) is 39.2 Å². The largest absolute Gasteiger partial charge is 0.385 e. The molecule has 0 amide bonds. The highest BCUT2D eigenvalue weighted by Gasteiger charge is 2.12. The molecule has 0 spiro atoms. The van der Waals surface area contributed by atoms with Crippen LogP contribution >= 0.6 is 0 Å². The maximum Gasteiger partial charge on any atom is 0.0487 e. The zero-order chi connectivity index (χ0) is 13.9. The SMILES string of the molecule is CNCC(CCOCCCOC)c1ccccc1C. The Bertz CT molecular complexity index is 341. The summed E-state index contributed by atoms with van der Waals surface area (Å²) in [6, 6.07) is 8.61. The van der Waals surface area contributed by atoms with E-state index < -0.39 is 0 Å². The zero-order valence-corrected chi connectivity index (χ0v) is 12.4. The summed E-state index contributed by atoms with van der Waals surface area (Å²) in [6.45, 7) is 5.54. The average Bonchev–Trinajstić information content (AvgIpc) is 2.42. The third-order valence-electron chi connectivity index (χ3n) is 3.33. The summed E-state index contributed by atoms with van der Waals surface area (Å²) in [4.78, 5) is 0. The average molecular weight is 265 g/mol. The van der Waals surface area contributed by atoms with Gasteiger partial charge in [0.05, 0.1) is 0 Å². The molecule has 3 nitrogen and oxygen atoms in total. The first-order valence-electron chi connectivity index (χ1n) is 7.06. The van der Waals surface area contributed by atoms with E-state index in [4.69, 9.17) is 9.47 Å². The predicted octanol–water partition coefficient (Wildman–Crippen LogP) is 2.74. The van der Waals surface area contributed by atoms with Gasteiger partial charge in [-0.25, -0.2) is 0 Å². The summed E-state index contributed by atoms with van der Waals surface area (Å²) in [5, 5.41) is 3.28. The second kappa shape index (κ2) is 9.96. The molecule has 0 saturated carbocycles. The molecule has 0 bridgehead atoms. The molecule has 3 heteroatoms. The van der Waals surface area contributed by atoms with Gasteiger partial charge in [0.1, 0.15) is 0 Å². The van der Waals surface area contributed by atoms with Crippen molar-refractivity contribution in [3.63, 3.8) is 0 Å². The highest BCUT2D eigenvalue weighted by molar-refractivity contribution is 5.29. The number of rotatable bonds is 10. The Morgan fingerprint density at radius 3 is 2.63 bits per heavy atom. The van der Waals surface area contributed by atoms with Crippen LogP contribution in [0.3, 0.4) is 0 Å². The Labute approximate surface area is 117 Å². The van der Waals surface area contributed by atoms with Crippen LogP contribution in [0.2, 0.25) is 0 Å². The Hall–Kier alpha value is -0.900. The number of nitrogens with one attached hydrogen (secondary N) is 1. The molecule has 0 radical (unpaired) electrons. The molecule has 0 aliphatic carbocycles. The molecule has 0 aliphatic rings. The summed E-state index contributed by atoms with van der Waals surface area (Å²) in [5.74, 6) is 0.522. The molecular formula is C16H27NO2. The van der Waals surface area contributed by atoms with Crippen molar-refractivity contribution < 1.29 is 9.47 Å². The first-order chi connectivity index (χ1) is 9.29. The molecule has 0 aliphatic heterocycles. The standard InChI is InChI=1S/C16H27NO2/c1-14-7-4-5-8-16(14)15(13-17-2)9-12-19-11-6-10-18-3/h4-5,7-8,15,17H,6,9-13H2,1-3H3. The van der Waals surface area contributed by atoms with Gasteiger partial charge in [-0.3, -0.25) is 0 Å². The van der Waals surface area contributed by atoms with Crippen LogP contribution in [-0.4, -0.2) is 40.5 Å². The topological polar surface area (TPSA) is 30.5 Å². The molecule has 108 valence electrons. The maximum absolute atomic E-state index is 5.67. The van der Waals surface area contributed by atoms with E-state index >= 15 is 0 Å². The van der Waals surface area contributed by atoms with E-state index in [1.807, 2.05) is 7.05 Å². The monoisotopic (exact) mass is 265 g/mol. The molecule has 1 rings (SSSR count). The minimum absolute atomic E-state index is 0.522. The van der Waals surface area contributed by atoms with E-state index in [1.165, 1.54) is 11.1 Å². The smallest absolute Gasteiger partial charge is 0.0487 e. The molecule has 0 heterocycles. The van der Waals surface area contributed by atoms with Crippen LogP contribution in [0.25, 0.3) is 0 Å². The molecule has 1 aromatic carbocycles. The number of ether oxygens (including phenoxy) is 2. The summed E-state index contributed by atoms with van der Waals surface area (Å²) < 4.78 is 10.7. The van der Waals surface area contributed by atoms with Crippen molar-refractivity contribution in [3.05, 3.63) is 35.4 Å². The fourth-order valence-electron chi connectivity index (χ4n) is 2.29. The van der Waals surface area contributed by atoms with Crippen LogP contribution in [0.5, 0.6) is 0 Å². The third-order valence-corrected chi connectivity index (χ3v) is 3.33. The van der Waals surface area contributed by atoms with Gasteiger partial charge in [-0.1, -0.05) is 24.3 Å². The Balaban J connectivity index is 2.39. The van der Waals surface area contributed by atoms with Gasteiger partial charge in [0.2, 0.25) is 0 Å². The van der Waals surface area contributed by atoms with E-state index in [2.05, 4.69) is 36.5 Å². The first-order valence-corrected chi connectivity index (χ1v) is 7.06. The molecular weight excluding hydrogens is 238 g/mol. The van der Waals surface area contributed by atoms with E-state index in [-0.39, 0.29) is 0 Å². The molecule has 1 unspecified atom stereocenters. The van der Waals surface area contributed by atoms with E-state index in [9.17, 15) is 0 Å². The summed E-state index contributed by atoms with van der Waals surface area (Å²) >= 11 is 0. The van der Waals surface area contributed by atoms with Crippen molar-refractivity contribution in [2.45, 2.75) is 25.7 Å². The Morgan fingerprint density at radius 1 is 1.16 bits per heavy atom. The first kappa shape index (κ1) is 16.2.